The van der Waals surface area contributed by atoms with Gasteiger partial charge in [0.1, 0.15) is 0 Å². The number of carbonyl (C=O) groups is 1. The van der Waals surface area contributed by atoms with Crippen molar-refractivity contribution in [3.05, 3.63) is 35.4 Å². The Morgan fingerprint density at radius 2 is 2.19 bits per heavy atom. The van der Waals surface area contributed by atoms with Crippen molar-refractivity contribution < 1.29 is 17.9 Å². The largest absolute Gasteiger partial charge is 0.378 e. The second kappa shape index (κ2) is 6.24. The predicted molar refractivity (Wildman–Crippen MR) is 75.4 cm³/mol. The number of hydrogen-bond donors (Lipinski definition) is 1. The number of ether oxygens (including phenoxy) is 1. The zero-order valence-corrected chi connectivity index (χ0v) is 12.4. The van der Waals surface area contributed by atoms with Gasteiger partial charge in [0.05, 0.1) is 29.4 Å². The van der Waals surface area contributed by atoms with Crippen molar-refractivity contribution in [3.8, 4) is 6.07 Å². The van der Waals surface area contributed by atoms with Gasteiger partial charge in [-0.2, -0.15) is 5.26 Å². The summed E-state index contributed by atoms with van der Waals surface area (Å²) in [5, 5.41) is 8.94. The highest BCUT2D eigenvalue weighted by Gasteiger charge is 2.45. The number of benzene rings is 1. The lowest BCUT2D eigenvalue weighted by atomic mass is 10.1. The highest BCUT2D eigenvalue weighted by molar-refractivity contribution is 7.89. The summed E-state index contributed by atoms with van der Waals surface area (Å²) in [6.45, 7) is 2.32. The Morgan fingerprint density at radius 3 is 2.86 bits per heavy atom. The van der Waals surface area contributed by atoms with Crippen molar-refractivity contribution in [3.63, 3.8) is 0 Å². The molecule has 6 nitrogen and oxygen atoms in total. The van der Waals surface area contributed by atoms with Crippen LogP contribution in [-0.4, -0.2) is 27.0 Å². The second-order valence-electron chi connectivity index (χ2n) is 4.83. The Balaban J connectivity index is 2.00. The first-order valence-electron chi connectivity index (χ1n) is 6.60. The maximum absolute atomic E-state index is 12.0. The molecule has 1 N–H and O–H groups in total. The Kier molecular flexibility index (Phi) is 4.60. The molecule has 1 aromatic carbocycles. The van der Waals surface area contributed by atoms with Crippen LogP contribution in [0.25, 0.3) is 0 Å². The molecule has 0 aromatic heterocycles. The van der Waals surface area contributed by atoms with E-state index in [9.17, 15) is 13.2 Å². The van der Waals surface area contributed by atoms with E-state index in [4.69, 9.17) is 10.00 Å². The summed E-state index contributed by atoms with van der Waals surface area (Å²) in [5.41, 5.74) is 0.659. The number of rotatable bonds is 6. The van der Waals surface area contributed by atoms with Gasteiger partial charge in [-0.15, -0.1) is 0 Å². The van der Waals surface area contributed by atoms with Gasteiger partial charge in [-0.3, -0.25) is 9.52 Å². The van der Waals surface area contributed by atoms with Crippen LogP contribution in [0.2, 0.25) is 0 Å². The standard InChI is InChI=1S/C14H16N2O4S/c1-2-20-13-7-12(13)14(17)16-21(18,19)9-11-6-4-3-5-10(11)8-15/h3-6,12-13H,2,7,9H2,1H3,(H,16,17)/t12-,13+/m0/s1. The molecule has 1 amide bonds. The molecule has 0 bridgehead atoms. The first kappa shape index (κ1) is 15.5. The zero-order chi connectivity index (χ0) is 15.5. The van der Waals surface area contributed by atoms with Crippen LogP contribution in [0.5, 0.6) is 0 Å². The molecule has 112 valence electrons. The molecule has 2 atom stereocenters. The zero-order valence-electron chi connectivity index (χ0n) is 11.6. The van der Waals surface area contributed by atoms with Crippen molar-refractivity contribution in [2.45, 2.75) is 25.2 Å². The summed E-state index contributed by atoms with van der Waals surface area (Å²) in [6, 6.07) is 8.34. The lowest BCUT2D eigenvalue weighted by molar-refractivity contribution is -0.121. The van der Waals surface area contributed by atoms with E-state index in [0.29, 0.717) is 18.6 Å². The van der Waals surface area contributed by atoms with Crippen LogP contribution in [0.1, 0.15) is 24.5 Å². The molecular weight excluding hydrogens is 292 g/mol. The van der Waals surface area contributed by atoms with Crippen LogP contribution in [0, 0.1) is 17.2 Å². The van der Waals surface area contributed by atoms with Crippen molar-refractivity contribution in [2.75, 3.05) is 6.61 Å². The van der Waals surface area contributed by atoms with Crippen molar-refractivity contribution in [1.29, 1.82) is 5.26 Å². The van der Waals surface area contributed by atoms with Gasteiger partial charge in [-0.05, 0) is 25.0 Å². The van der Waals surface area contributed by atoms with E-state index in [0.717, 1.165) is 0 Å². The molecule has 0 heterocycles. The van der Waals surface area contributed by atoms with Gasteiger partial charge >= 0.3 is 0 Å². The molecule has 1 fully saturated rings. The number of carbonyl (C=O) groups excluding carboxylic acids is 1. The number of sulfonamides is 1. The quantitative estimate of drug-likeness (QED) is 0.843. The van der Waals surface area contributed by atoms with Gasteiger partial charge in [-0.1, -0.05) is 18.2 Å². The number of nitrogens with zero attached hydrogens (tertiary/aromatic N) is 1. The van der Waals surface area contributed by atoms with Gasteiger partial charge in [0.2, 0.25) is 15.9 Å². The normalized spacial score (nSPS) is 20.6. The molecule has 21 heavy (non-hydrogen) atoms. The van der Waals surface area contributed by atoms with Crippen LogP contribution < -0.4 is 4.72 Å². The molecule has 0 spiro atoms. The van der Waals surface area contributed by atoms with E-state index in [1.165, 1.54) is 0 Å². The molecule has 1 saturated carbocycles. The minimum atomic E-state index is -3.82. The minimum Gasteiger partial charge on any atom is -0.378 e. The number of nitrogens with one attached hydrogen (secondary N) is 1. The van der Waals surface area contributed by atoms with Crippen LogP contribution in [0.15, 0.2) is 24.3 Å². The van der Waals surface area contributed by atoms with Gasteiger partial charge in [0.25, 0.3) is 0 Å². The molecule has 0 radical (unpaired) electrons. The van der Waals surface area contributed by atoms with Crippen LogP contribution in [0.4, 0.5) is 0 Å². The highest BCUT2D eigenvalue weighted by Crippen LogP contribution is 2.33. The smallest absolute Gasteiger partial charge is 0.239 e. The fourth-order valence-electron chi connectivity index (χ4n) is 2.07. The van der Waals surface area contributed by atoms with E-state index in [1.807, 2.05) is 13.0 Å². The summed E-state index contributed by atoms with van der Waals surface area (Å²) < 4.78 is 31.3. The maximum atomic E-state index is 12.0. The monoisotopic (exact) mass is 308 g/mol. The van der Waals surface area contributed by atoms with Gasteiger partial charge in [-0.25, -0.2) is 8.42 Å². The molecular formula is C14H16N2O4S. The van der Waals surface area contributed by atoms with Crippen molar-refractivity contribution in [1.82, 2.24) is 4.72 Å². The lowest BCUT2D eigenvalue weighted by Crippen LogP contribution is -2.33. The predicted octanol–water partition coefficient (Wildman–Crippen LogP) is 0.929. The van der Waals surface area contributed by atoms with Gasteiger partial charge < -0.3 is 4.74 Å². The fraction of sp³-hybridized carbons (Fsp3) is 0.429. The SMILES string of the molecule is CCO[C@@H]1C[C@@H]1C(=O)NS(=O)(=O)Cc1ccccc1C#N. The summed E-state index contributed by atoms with van der Waals surface area (Å²) >= 11 is 0. The number of hydrogen-bond acceptors (Lipinski definition) is 5. The van der Waals surface area contributed by atoms with Crippen molar-refractivity contribution in [2.24, 2.45) is 5.92 Å². The van der Waals surface area contributed by atoms with Gasteiger partial charge in [0.15, 0.2) is 0 Å². The van der Waals surface area contributed by atoms with E-state index >= 15 is 0 Å². The molecule has 0 saturated heterocycles. The fourth-order valence-corrected chi connectivity index (χ4v) is 3.26. The first-order chi connectivity index (χ1) is 9.96. The third kappa shape index (κ3) is 4.03. The number of nitriles is 1. The van der Waals surface area contributed by atoms with E-state index in [1.54, 1.807) is 24.3 Å². The molecule has 1 aliphatic rings. The van der Waals surface area contributed by atoms with Crippen molar-refractivity contribution >= 4 is 15.9 Å². The molecule has 7 heteroatoms. The Bertz CT molecular complexity index is 678. The first-order valence-corrected chi connectivity index (χ1v) is 8.26. The molecule has 0 aliphatic heterocycles. The average Bonchev–Trinajstić information content (AvgIpc) is 3.18. The van der Waals surface area contributed by atoms with Crippen LogP contribution >= 0.6 is 0 Å². The Morgan fingerprint density at radius 1 is 1.48 bits per heavy atom. The summed E-state index contributed by atoms with van der Waals surface area (Å²) in [6.07, 6.45) is 0.362. The molecule has 2 rings (SSSR count). The van der Waals surface area contributed by atoms with E-state index in [-0.39, 0.29) is 11.7 Å². The molecule has 0 unspecified atom stereocenters. The van der Waals surface area contributed by atoms with Crippen LogP contribution in [0.3, 0.4) is 0 Å². The highest BCUT2D eigenvalue weighted by atomic mass is 32.2. The van der Waals surface area contributed by atoms with Gasteiger partial charge in [0, 0.05) is 6.61 Å². The number of amides is 1. The van der Waals surface area contributed by atoms with E-state index in [2.05, 4.69) is 4.72 Å². The van der Waals surface area contributed by atoms with Crippen LogP contribution in [-0.2, 0) is 25.3 Å². The topological polar surface area (TPSA) is 96.3 Å². The Labute approximate surface area is 123 Å². The summed E-state index contributed by atoms with van der Waals surface area (Å²) in [7, 11) is -3.82. The molecule has 1 aliphatic carbocycles. The average molecular weight is 308 g/mol. The lowest BCUT2D eigenvalue weighted by Gasteiger charge is -2.08. The summed E-state index contributed by atoms with van der Waals surface area (Å²) in [5.74, 6) is -1.33. The molecule has 1 aromatic rings. The third-order valence-corrected chi connectivity index (χ3v) is 4.39. The minimum absolute atomic E-state index is 0.184. The maximum Gasteiger partial charge on any atom is 0.239 e. The second-order valence-corrected chi connectivity index (χ2v) is 6.55. The third-order valence-electron chi connectivity index (χ3n) is 3.19. The van der Waals surface area contributed by atoms with E-state index < -0.39 is 27.6 Å². The summed E-state index contributed by atoms with van der Waals surface area (Å²) in [4.78, 5) is 11.8. The Hall–Kier alpha value is -1.91.